The van der Waals surface area contributed by atoms with Crippen molar-refractivity contribution < 1.29 is 12.8 Å². The molecule has 0 atom stereocenters. The summed E-state index contributed by atoms with van der Waals surface area (Å²) < 4.78 is 42.1. The Hall–Kier alpha value is -2.38. The smallest absolute Gasteiger partial charge is 0.261 e. The van der Waals surface area contributed by atoms with Crippen molar-refractivity contribution in [3.05, 3.63) is 77.3 Å². The Morgan fingerprint density at radius 3 is 2.58 bits per heavy atom. The van der Waals surface area contributed by atoms with Crippen LogP contribution in [0.5, 0.6) is 0 Å². The summed E-state index contributed by atoms with van der Waals surface area (Å²) in [7, 11) is -3.69. The molecule has 1 aromatic heterocycles. The van der Waals surface area contributed by atoms with E-state index in [1.807, 2.05) is 0 Å². The quantitative estimate of drug-likeness (QED) is 0.752. The highest BCUT2D eigenvalue weighted by molar-refractivity contribution is 7.92. The minimum absolute atomic E-state index is 0.0958. The first-order valence-electron chi connectivity index (χ1n) is 6.99. The van der Waals surface area contributed by atoms with Gasteiger partial charge in [0.25, 0.3) is 10.0 Å². The van der Waals surface area contributed by atoms with Crippen LogP contribution in [0.1, 0.15) is 5.56 Å². The van der Waals surface area contributed by atoms with Crippen LogP contribution in [-0.4, -0.2) is 18.2 Å². The van der Waals surface area contributed by atoms with Gasteiger partial charge in [0.2, 0.25) is 0 Å². The van der Waals surface area contributed by atoms with Gasteiger partial charge in [-0.2, -0.15) is 5.10 Å². The van der Waals surface area contributed by atoms with Crippen LogP contribution in [0.4, 0.5) is 10.1 Å². The van der Waals surface area contributed by atoms with Gasteiger partial charge < -0.3 is 0 Å². The van der Waals surface area contributed by atoms with Gasteiger partial charge in [0.05, 0.1) is 23.3 Å². The largest absolute Gasteiger partial charge is 0.276 e. The van der Waals surface area contributed by atoms with E-state index in [-0.39, 0.29) is 22.2 Å². The number of hydrogen-bond acceptors (Lipinski definition) is 3. The Morgan fingerprint density at radius 2 is 1.88 bits per heavy atom. The Bertz CT molecular complexity index is 938. The minimum Gasteiger partial charge on any atom is -0.276 e. The van der Waals surface area contributed by atoms with Crippen molar-refractivity contribution in [1.82, 2.24) is 9.78 Å². The fraction of sp³-hybridized carbons (Fsp3) is 0.0625. The molecule has 0 saturated heterocycles. The molecule has 0 spiro atoms. The highest BCUT2D eigenvalue weighted by atomic mass is 35.5. The zero-order valence-electron chi connectivity index (χ0n) is 12.4. The number of nitrogens with one attached hydrogen (secondary N) is 1. The normalized spacial score (nSPS) is 11.4. The van der Waals surface area contributed by atoms with Gasteiger partial charge in [-0.15, -0.1) is 0 Å². The monoisotopic (exact) mass is 365 g/mol. The first-order valence-corrected chi connectivity index (χ1v) is 8.85. The van der Waals surface area contributed by atoms with E-state index in [9.17, 15) is 12.8 Å². The summed E-state index contributed by atoms with van der Waals surface area (Å²) in [6.45, 7) is 0.0958. The van der Waals surface area contributed by atoms with Crippen LogP contribution in [0, 0.1) is 5.82 Å². The Morgan fingerprint density at radius 1 is 1.12 bits per heavy atom. The molecule has 0 aliphatic carbocycles. The Balaban J connectivity index is 1.79. The Labute approximate surface area is 143 Å². The summed E-state index contributed by atoms with van der Waals surface area (Å²) in [5.41, 5.74) is 0.575. The molecule has 0 saturated carbocycles. The molecule has 0 fully saturated rings. The maximum atomic E-state index is 13.8. The standard InChI is InChI=1S/C16H13ClFN3O2S/c17-15-7-4-8-16(18)14(15)11-21-10-12(9-19-21)20-24(22,23)13-5-2-1-3-6-13/h1-10,20H,11H2. The van der Waals surface area contributed by atoms with Gasteiger partial charge in [-0.1, -0.05) is 35.9 Å². The molecule has 1 heterocycles. The van der Waals surface area contributed by atoms with Crippen LogP contribution < -0.4 is 4.72 Å². The van der Waals surface area contributed by atoms with Crippen molar-refractivity contribution in [1.29, 1.82) is 0 Å². The van der Waals surface area contributed by atoms with Gasteiger partial charge in [-0.3, -0.25) is 9.40 Å². The van der Waals surface area contributed by atoms with Crippen molar-refractivity contribution in [2.45, 2.75) is 11.4 Å². The number of sulfonamides is 1. The number of anilines is 1. The molecular weight excluding hydrogens is 353 g/mol. The van der Waals surface area contributed by atoms with E-state index in [0.717, 1.165) is 0 Å². The van der Waals surface area contributed by atoms with Crippen molar-refractivity contribution in [3.8, 4) is 0 Å². The van der Waals surface area contributed by atoms with Crippen molar-refractivity contribution in [3.63, 3.8) is 0 Å². The van der Waals surface area contributed by atoms with E-state index < -0.39 is 15.8 Å². The molecule has 124 valence electrons. The fourth-order valence-electron chi connectivity index (χ4n) is 2.16. The Kier molecular flexibility index (Phi) is 4.55. The SMILES string of the molecule is O=S(=O)(Nc1cnn(Cc2c(F)cccc2Cl)c1)c1ccccc1. The van der Waals surface area contributed by atoms with Crippen LogP contribution in [0.25, 0.3) is 0 Å². The number of halogens is 2. The number of benzene rings is 2. The second kappa shape index (κ2) is 6.62. The molecular formula is C16H13ClFN3O2S. The second-order valence-electron chi connectivity index (χ2n) is 5.05. The van der Waals surface area contributed by atoms with Gasteiger partial charge in [-0.05, 0) is 24.3 Å². The molecule has 0 amide bonds. The molecule has 0 bridgehead atoms. The molecule has 0 aliphatic rings. The van der Waals surface area contributed by atoms with Crippen LogP contribution in [-0.2, 0) is 16.6 Å². The molecule has 8 heteroatoms. The van der Waals surface area contributed by atoms with E-state index in [0.29, 0.717) is 5.56 Å². The topological polar surface area (TPSA) is 64.0 Å². The number of rotatable bonds is 5. The number of hydrogen-bond donors (Lipinski definition) is 1. The van der Waals surface area contributed by atoms with Crippen LogP contribution in [0.3, 0.4) is 0 Å². The number of aromatic nitrogens is 2. The van der Waals surface area contributed by atoms with Crippen molar-refractivity contribution >= 4 is 27.3 Å². The van der Waals surface area contributed by atoms with Gasteiger partial charge in [-0.25, -0.2) is 12.8 Å². The maximum absolute atomic E-state index is 13.8. The maximum Gasteiger partial charge on any atom is 0.261 e. The van der Waals surface area contributed by atoms with Gasteiger partial charge in [0.15, 0.2) is 0 Å². The molecule has 24 heavy (non-hydrogen) atoms. The summed E-state index contributed by atoms with van der Waals surface area (Å²) in [5, 5.41) is 4.32. The molecule has 2 aromatic carbocycles. The molecule has 5 nitrogen and oxygen atoms in total. The van der Waals surface area contributed by atoms with Gasteiger partial charge in [0.1, 0.15) is 5.82 Å². The highest BCUT2D eigenvalue weighted by Crippen LogP contribution is 2.21. The third-order valence-electron chi connectivity index (χ3n) is 3.32. The molecule has 1 N–H and O–H groups in total. The van der Waals surface area contributed by atoms with Crippen LogP contribution in [0.15, 0.2) is 65.8 Å². The van der Waals surface area contributed by atoms with E-state index in [1.54, 1.807) is 24.3 Å². The molecule has 3 aromatic rings. The fourth-order valence-corrected chi connectivity index (χ4v) is 3.43. The van der Waals surface area contributed by atoms with Crippen LogP contribution >= 0.6 is 11.6 Å². The van der Waals surface area contributed by atoms with Gasteiger partial charge >= 0.3 is 0 Å². The summed E-state index contributed by atoms with van der Waals surface area (Å²) >= 11 is 5.98. The lowest BCUT2D eigenvalue weighted by atomic mass is 10.2. The second-order valence-corrected chi connectivity index (χ2v) is 7.13. The first kappa shape index (κ1) is 16.5. The average Bonchev–Trinajstić information content (AvgIpc) is 2.98. The predicted octanol–water partition coefficient (Wildman–Crippen LogP) is 3.52. The van der Waals surface area contributed by atoms with E-state index >= 15 is 0 Å². The van der Waals surface area contributed by atoms with Crippen molar-refractivity contribution in [2.24, 2.45) is 0 Å². The highest BCUT2D eigenvalue weighted by Gasteiger charge is 2.15. The summed E-state index contributed by atoms with van der Waals surface area (Å²) in [4.78, 5) is 0.148. The zero-order chi connectivity index (χ0) is 17.2. The average molecular weight is 366 g/mol. The zero-order valence-corrected chi connectivity index (χ0v) is 13.9. The first-order chi connectivity index (χ1) is 11.5. The summed E-state index contributed by atoms with van der Waals surface area (Å²) in [6.07, 6.45) is 2.83. The molecule has 0 aliphatic heterocycles. The summed E-state index contributed by atoms with van der Waals surface area (Å²) in [6, 6.07) is 12.4. The third kappa shape index (κ3) is 3.58. The summed E-state index contributed by atoms with van der Waals surface area (Å²) in [5.74, 6) is -0.440. The minimum atomic E-state index is -3.69. The lowest BCUT2D eigenvalue weighted by Crippen LogP contribution is -2.12. The number of nitrogens with zero attached hydrogens (tertiary/aromatic N) is 2. The molecule has 0 radical (unpaired) electrons. The van der Waals surface area contributed by atoms with Crippen LogP contribution in [0.2, 0.25) is 5.02 Å². The van der Waals surface area contributed by atoms with E-state index in [4.69, 9.17) is 11.6 Å². The third-order valence-corrected chi connectivity index (χ3v) is 5.07. The molecule has 0 unspecified atom stereocenters. The molecule has 3 rings (SSSR count). The lowest BCUT2D eigenvalue weighted by molar-refractivity contribution is 0.585. The van der Waals surface area contributed by atoms with E-state index in [2.05, 4.69) is 9.82 Å². The lowest BCUT2D eigenvalue weighted by Gasteiger charge is -2.06. The van der Waals surface area contributed by atoms with E-state index in [1.165, 1.54) is 41.3 Å². The van der Waals surface area contributed by atoms with Crippen molar-refractivity contribution in [2.75, 3.05) is 4.72 Å². The van der Waals surface area contributed by atoms with Gasteiger partial charge in [0, 0.05) is 16.8 Å². The predicted molar refractivity (Wildman–Crippen MR) is 90.0 cm³/mol.